The Labute approximate surface area is 103 Å². The molecule has 0 aromatic carbocycles. The van der Waals surface area contributed by atoms with Gasteiger partial charge >= 0.3 is 0 Å². The van der Waals surface area contributed by atoms with Crippen LogP contribution in [0.25, 0.3) is 0 Å². The average Bonchev–Trinajstić information content (AvgIpc) is 2.99. The van der Waals surface area contributed by atoms with Crippen molar-refractivity contribution in [2.45, 2.75) is 38.3 Å². The predicted octanol–water partition coefficient (Wildman–Crippen LogP) is -0.818. The summed E-state index contributed by atoms with van der Waals surface area (Å²) < 4.78 is 23.9. The molecule has 1 fully saturated rings. The molecular weight excluding hydrogens is 242 g/mol. The van der Waals surface area contributed by atoms with Crippen molar-refractivity contribution in [2.75, 3.05) is 19.3 Å². The van der Waals surface area contributed by atoms with E-state index in [1.54, 1.807) is 0 Å². The number of rotatable bonds is 8. The minimum atomic E-state index is -3.11. The first-order chi connectivity index (χ1) is 7.88. The van der Waals surface area contributed by atoms with Crippen LogP contribution >= 0.6 is 0 Å². The van der Waals surface area contributed by atoms with E-state index in [1.807, 2.05) is 6.92 Å². The van der Waals surface area contributed by atoms with Crippen molar-refractivity contribution >= 4 is 15.9 Å². The van der Waals surface area contributed by atoms with Crippen molar-refractivity contribution in [3.05, 3.63) is 0 Å². The molecule has 0 bridgehead atoms. The molecule has 0 aliphatic heterocycles. The van der Waals surface area contributed by atoms with Gasteiger partial charge in [0.1, 0.15) is 0 Å². The molecule has 1 aliphatic carbocycles. The quantitative estimate of drug-likeness (QED) is 0.499. The molecule has 17 heavy (non-hydrogen) atoms. The van der Waals surface area contributed by atoms with E-state index in [4.69, 9.17) is 0 Å². The van der Waals surface area contributed by atoms with Gasteiger partial charge in [-0.2, -0.15) is 0 Å². The largest absolute Gasteiger partial charge is 0.352 e. The molecule has 0 radical (unpaired) electrons. The summed E-state index contributed by atoms with van der Waals surface area (Å²) in [6.45, 7) is 2.81. The molecular formula is C10H21N3O3S. The highest BCUT2D eigenvalue weighted by Gasteiger charge is 2.25. The maximum atomic E-state index is 11.5. The molecule has 1 aliphatic rings. The summed E-state index contributed by atoms with van der Waals surface area (Å²) in [7, 11) is -3.11. The second-order valence-corrected chi connectivity index (χ2v) is 6.31. The molecule has 1 unspecified atom stereocenters. The van der Waals surface area contributed by atoms with Crippen LogP contribution in [-0.4, -0.2) is 45.8 Å². The summed E-state index contributed by atoms with van der Waals surface area (Å²) in [5, 5.41) is 5.96. The van der Waals surface area contributed by atoms with Crippen LogP contribution in [0.4, 0.5) is 0 Å². The fourth-order valence-corrected chi connectivity index (χ4v) is 1.83. The Morgan fingerprint density at radius 1 is 1.35 bits per heavy atom. The summed E-state index contributed by atoms with van der Waals surface area (Å²) in [4.78, 5) is 11.5. The van der Waals surface area contributed by atoms with Gasteiger partial charge in [0.2, 0.25) is 15.9 Å². The number of hydrogen-bond acceptors (Lipinski definition) is 4. The van der Waals surface area contributed by atoms with Gasteiger partial charge in [-0.05, 0) is 32.7 Å². The zero-order valence-electron chi connectivity index (χ0n) is 10.3. The number of amides is 1. The Kier molecular flexibility index (Phi) is 5.35. The fraction of sp³-hybridized carbons (Fsp3) is 0.900. The van der Waals surface area contributed by atoms with Crippen LogP contribution in [0.2, 0.25) is 0 Å². The van der Waals surface area contributed by atoms with E-state index in [0.29, 0.717) is 25.6 Å². The SMILES string of the molecule is CC(NCCCNS(C)(=O)=O)C(=O)NC1CC1. The Hall–Kier alpha value is -0.660. The number of nitrogens with one attached hydrogen (secondary N) is 3. The minimum Gasteiger partial charge on any atom is -0.352 e. The van der Waals surface area contributed by atoms with Crippen LogP contribution in [0, 0.1) is 0 Å². The first-order valence-electron chi connectivity index (χ1n) is 5.87. The lowest BCUT2D eigenvalue weighted by Crippen LogP contribution is -2.43. The van der Waals surface area contributed by atoms with Crippen LogP contribution in [-0.2, 0) is 14.8 Å². The van der Waals surface area contributed by atoms with Gasteiger partial charge in [-0.25, -0.2) is 13.1 Å². The summed E-state index contributed by atoms with van der Waals surface area (Å²) in [5.41, 5.74) is 0. The Morgan fingerprint density at radius 2 is 2.00 bits per heavy atom. The second-order valence-electron chi connectivity index (χ2n) is 4.48. The van der Waals surface area contributed by atoms with Crippen molar-refractivity contribution < 1.29 is 13.2 Å². The Bertz CT molecular complexity index is 352. The van der Waals surface area contributed by atoms with Gasteiger partial charge in [0.15, 0.2) is 0 Å². The van der Waals surface area contributed by atoms with Crippen LogP contribution in [0.3, 0.4) is 0 Å². The second kappa shape index (κ2) is 6.32. The van der Waals surface area contributed by atoms with E-state index in [2.05, 4.69) is 15.4 Å². The third-order valence-electron chi connectivity index (χ3n) is 2.49. The zero-order valence-corrected chi connectivity index (χ0v) is 11.1. The molecule has 0 spiro atoms. The van der Waals surface area contributed by atoms with Gasteiger partial charge in [-0.1, -0.05) is 0 Å². The van der Waals surface area contributed by atoms with Gasteiger partial charge in [0.05, 0.1) is 12.3 Å². The monoisotopic (exact) mass is 263 g/mol. The van der Waals surface area contributed by atoms with Gasteiger partial charge in [0, 0.05) is 12.6 Å². The summed E-state index contributed by atoms with van der Waals surface area (Å²) >= 11 is 0. The maximum Gasteiger partial charge on any atom is 0.237 e. The summed E-state index contributed by atoms with van der Waals surface area (Å²) in [5.74, 6) is 0.0172. The normalized spacial score (nSPS) is 17.8. The lowest BCUT2D eigenvalue weighted by atomic mass is 10.3. The zero-order chi connectivity index (χ0) is 12.9. The van der Waals surface area contributed by atoms with E-state index in [9.17, 15) is 13.2 Å². The first kappa shape index (κ1) is 14.4. The molecule has 1 rings (SSSR count). The lowest BCUT2D eigenvalue weighted by molar-refractivity contribution is -0.122. The van der Waals surface area contributed by atoms with Crippen molar-refractivity contribution in [2.24, 2.45) is 0 Å². The number of hydrogen-bond donors (Lipinski definition) is 3. The van der Waals surface area contributed by atoms with Crippen LogP contribution in [0.1, 0.15) is 26.2 Å². The van der Waals surface area contributed by atoms with Gasteiger partial charge < -0.3 is 10.6 Å². The molecule has 0 heterocycles. The topological polar surface area (TPSA) is 87.3 Å². The highest BCUT2D eigenvalue weighted by molar-refractivity contribution is 7.88. The summed E-state index contributed by atoms with van der Waals surface area (Å²) in [6.07, 6.45) is 3.95. The highest BCUT2D eigenvalue weighted by atomic mass is 32.2. The van der Waals surface area contributed by atoms with Crippen molar-refractivity contribution in [1.82, 2.24) is 15.4 Å². The highest BCUT2D eigenvalue weighted by Crippen LogP contribution is 2.18. The standard InChI is InChI=1S/C10H21N3O3S/c1-8(10(14)13-9-4-5-9)11-6-3-7-12-17(2,15)16/h8-9,11-12H,3-7H2,1-2H3,(H,13,14). The number of carbonyl (C=O) groups is 1. The van der Waals surface area contributed by atoms with Gasteiger partial charge in [0.25, 0.3) is 0 Å². The van der Waals surface area contributed by atoms with Crippen molar-refractivity contribution in [3.8, 4) is 0 Å². The third-order valence-corrected chi connectivity index (χ3v) is 3.21. The first-order valence-corrected chi connectivity index (χ1v) is 7.76. The molecule has 1 saturated carbocycles. The maximum absolute atomic E-state index is 11.5. The van der Waals surface area contributed by atoms with Gasteiger partial charge in [-0.15, -0.1) is 0 Å². The van der Waals surface area contributed by atoms with E-state index in [-0.39, 0.29) is 11.9 Å². The smallest absolute Gasteiger partial charge is 0.237 e. The Morgan fingerprint density at radius 3 is 2.53 bits per heavy atom. The molecule has 7 heteroatoms. The molecule has 100 valence electrons. The molecule has 0 saturated heterocycles. The molecule has 3 N–H and O–H groups in total. The van der Waals surface area contributed by atoms with Gasteiger partial charge in [-0.3, -0.25) is 4.79 Å². The lowest BCUT2D eigenvalue weighted by Gasteiger charge is -2.13. The van der Waals surface area contributed by atoms with E-state index < -0.39 is 10.0 Å². The average molecular weight is 263 g/mol. The van der Waals surface area contributed by atoms with Crippen LogP contribution in [0.15, 0.2) is 0 Å². The number of sulfonamides is 1. The predicted molar refractivity (Wildman–Crippen MR) is 66.1 cm³/mol. The van der Waals surface area contributed by atoms with Crippen molar-refractivity contribution in [3.63, 3.8) is 0 Å². The Balaban J connectivity index is 2.03. The molecule has 0 aromatic heterocycles. The molecule has 6 nitrogen and oxygen atoms in total. The molecule has 1 atom stereocenters. The van der Waals surface area contributed by atoms with Crippen LogP contribution < -0.4 is 15.4 Å². The molecule has 1 amide bonds. The third kappa shape index (κ3) is 7.30. The minimum absolute atomic E-state index is 0.0172. The number of carbonyl (C=O) groups excluding carboxylic acids is 1. The van der Waals surface area contributed by atoms with Crippen molar-refractivity contribution in [1.29, 1.82) is 0 Å². The summed E-state index contributed by atoms with van der Waals surface area (Å²) in [6, 6.07) is 0.146. The van der Waals surface area contributed by atoms with E-state index in [0.717, 1.165) is 19.1 Å². The van der Waals surface area contributed by atoms with Crippen LogP contribution in [0.5, 0.6) is 0 Å². The fourth-order valence-electron chi connectivity index (χ4n) is 1.31. The molecule has 0 aromatic rings. The van der Waals surface area contributed by atoms with E-state index >= 15 is 0 Å². The van der Waals surface area contributed by atoms with E-state index in [1.165, 1.54) is 0 Å².